The van der Waals surface area contributed by atoms with E-state index >= 15 is 0 Å². The Morgan fingerprint density at radius 1 is 0.880 bits per heavy atom. The molecule has 0 spiro atoms. The summed E-state index contributed by atoms with van der Waals surface area (Å²) >= 11 is 0. The fraction of sp³-hybridized carbons (Fsp3) is 0.520. The molecule has 0 aliphatic heterocycles. The van der Waals surface area contributed by atoms with Gasteiger partial charge in [0.2, 0.25) is 0 Å². The zero-order valence-electron chi connectivity index (χ0n) is 16.1. The fourth-order valence-electron chi connectivity index (χ4n) is 4.46. The van der Waals surface area contributed by atoms with Crippen LogP contribution >= 0.6 is 0 Å². The van der Waals surface area contributed by atoms with Crippen LogP contribution in [0.25, 0.3) is 0 Å². The van der Waals surface area contributed by atoms with Gasteiger partial charge >= 0.3 is 0 Å². The Morgan fingerprint density at radius 3 is 2.20 bits per heavy atom. The van der Waals surface area contributed by atoms with E-state index in [0.717, 1.165) is 18.3 Å². The topological polar surface area (TPSA) is 0 Å². The zero-order valence-corrected chi connectivity index (χ0v) is 16.1. The lowest BCUT2D eigenvalue weighted by Crippen LogP contribution is -2.13. The molecule has 0 amide bonds. The molecule has 1 aliphatic carbocycles. The molecule has 25 heavy (non-hydrogen) atoms. The van der Waals surface area contributed by atoms with E-state index in [1.54, 1.807) is 5.56 Å². The van der Waals surface area contributed by atoms with Crippen molar-refractivity contribution in [2.45, 2.75) is 77.0 Å². The highest BCUT2D eigenvalue weighted by Crippen LogP contribution is 2.37. The van der Waals surface area contributed by atoms with Gasteiger partial charge in [-0.15, -0.1) is 0 Å². The second-order valence-electron chi connectivity index (χ2n) is 8.12. The van der Waals surface area contributed by atoms with E-state index in [1.807, 2.05) is 0 Å². The third kappa shape index (κ3) is 5.21. The minimum atomic E-state index is 0.584. The van der Waals surface area contributed by atoms with Crippen LogP contribution in [0, 0.1) is 5.92 Å². The van der Waals surface area contributed by atoms with Crippen LogP contribution in [0.4, 0.5) is 0 Å². The summed E-state index contributed by atoms with van der Waals surface area (Å²) in [5.41, 5.74) is 4.48. The Morgan fingerprint density at radius 2 is 1.56 bits per heavy atom. The molecule has 3 rings (SSSR count). The van der Waals surface area contributed by atoms with Crippen LogP contribution in [0.15, 0.2) is 54.6 Å². The van der Waals surface area contributed by atoms with Gasteiger partial charge in [-0.1, -0.05) is 87.7 Å². The maximum absolute atomic E-state index is 2.41. The summed E-state index contributed by atoms with van der Waals surface area (Å²) in [6, 6.07) is 20.4. The minimum Gasteiger partial charge on any atom is -0.0654 e. The normalized spacial score (nSPS) is 21.8. The lowest BCUT2D eigenvalue weighted by molar-refractivity contribution is 0.304. The molecule has 1 aliphatic rings. The molecule has 0 nitrogen and oxygen atoms in total. The summed E-state index contributed by atoms with van der Waals surface area (Å²) in [4.78, 5) is 0. The lowest BCUT2D eigenvalue weighted by Gasteiger charge is -2.29. The van der Waals surface area contributed by atoms with Crippen LogP contribution in [0.5, 0.6) is 0 Å². The first kappa shape index (κ1) is 18.2. The highest BCUT2D eigenvalue weighted by molar-refractivity contribution is 5.28. The molecule has 134 valence electrons. The van der Waals surface area contributed by atoms with E-state index in [9.17, 15) is 0 Å². The van der Waals surface area contributed by atoms with Gasteiger partial charge in [-0.3, -0.25) is 0 Å². The minimum absolute atomic E-state index is 0.584. The summed E-state index contributed by atoms with van der Waals surface area (Å²) in [6.07, 6.45) is 11.0. The SMILES string of the molecule is CCCCC1CCC(c2ccc(C[C@@H](C)c3ccccc3)cc2)CC1. The predicted octanol–water partition coefficient (Wildman–Crippen LogP) is 7.50. The number of hydrogen-bond acceptors (Lipinski definition) is 0. The van der Waals surface area contributed by atoms with Gasteiger partial charge in [0.05, 0.1) is 0 Å². The fourth-order valence-corrected chi connectivity index (χ4v) is 4.46. The van der Waals surface area contributed by atoms with E-state index in [2.05, 4.69) is 68.4 Å². The smallest absolute Gasteiger partial charge is 0.0150 e. The Bertz CT molecular complexity index is 602. The van der Waals surface area contributed by atoms with Gasteiger partial charge in [0.1, 0.15) is 0 Å². The molecule has 0 radical (unpaired) electrons. The molecule has 1 fully saturated rings. The summed E-state index contributed by atoms with van der Waals surface area (Å²) in [5, 5.41) is 0. The molecular formula is C25H34. The van der Waals surface area contributed by atoms with Crippen molar-refractivity contribution in [2.24, 2.45) is 5.92 Å². The Labute approximate surface area is 154 Å². The second kappa shape index (κ2) is 9.22. The van der Waals surface area contributed by atoms with Gasteiger partial charge in [-0.05, 0) is 66.5 Å². The Hall–Kier alpha value is -1.56. The lowest BCUT2D eigenvalue weighted by atomic mass is 9.77. The molecule has 0 bridgehead atoms. The first-order valence-corrected chi connectivity index (χ1v) is 10.4. The molecule has 0 saturated heterocycles. The monoisotopic (exact) mass is 334 g/mol. The van der Waals surface area contributed by atoms with Crippen LogP contribution in [-0.2, 0) is 6.42 Å². The van der Waals surface area contributed by atoms with E-state index in [0.29, 0.717) is 5.92 Å². The molecule has 0 heterocycles. The molecule has 2 aromatic carbocycles. The van der Waals surface area contributed by atoms with Crippen LogP contribution in [-0.4, -0.2) is 0 Å². The van der Waals surface area contributed by atoms with Crippen molar-refractivity contribution < 1.29 is 0 Å². The number of rotatable bonds is 7. The summed E-state index contributed by atoms with van der Waals surface area (Å²) in [5.74, 6) is 2.39. The Balaban J connectivity index is 1.52. The average Bonchev–Trinajstić information content (AvgIpc) is 2.68. The molecule has 0 heteroatoms. The highest BCUT2D eigenvalue weighted by atomic mass is 14.3. The van der Waals surface area contributed by atoms with Crippen molar-refractivity contribution >= 4 is 0 Å². The van der Waals surface area contributed by atoms with Crippen molar-refractivity contribution in [3.05, 3.63) is 71.3 Å². The van der Waals surface area contributed by atoms with Crippen molar-refractivity contribution in [3.8, 4) is 0 Å². The molecule has 1 saturated carbocycles. The van der Waals surface area contributed by atoms with E-state index in [1.165, 1.54) is 56.1 Å². The van der Waals surface area contributed by atoms with Crippen LogP contribution < -0.4 is 0 Å². The zero-order chi connectivity index (χ0) is 17.5. The molecular weight excluding hydrogens is 300 g/mol. The van der Waals surface area contributed by atoms with Crippen LogP contribution in [0.1, 0.15) is 87.3 Å². The Kier molecular flexibility index (Phi) is 6.73. The molecule has 2 aromatic rings. The van der Waals surface area contributed by atoms with Crippen molar-refractivity contribution in [1.82, 2.24) is 0 Å². The standard InChI is InChI=1S/C25H34/c1-3-4-8-21-11-15-24(16-12-21)25-17-13-22(14-18-25)19-20(2)23-9-6-5-7-10-23/h5-7,9-10,13-14,17-18,20-21,24H,3-4,8,11-12,15-16,19H2,1-2H3/t20-,21?,24?/m1/s1. The maximum atomic E-state index is 2.41. The summed E-state index contributed by atoms with van der Waals surface area (Å²) < 4.78 is 0. The van der Waals surface area contributed by atoms with Crippen LogP contribution in [0.2, 0.25) is 0 Å². The van der Waals surface area contributed by atoms with Gasteiger partial charge in [-0.2, -0.15) is 0 Å². The second-order valence-corrected chi connectivity index (χ2v) is 8.12. The number of unbranched alkanes of at least 4 members (excludes halogenated alkanes) is 1. The molecule has 0 aromatic heterocycles. The van der Waals surface area contributed by atoms with Gasteiger partial charge in [0.15, 0.2) is 0 Å². The molecule has 1 atom stereocenters. The average molecular weight is 335 g/mol. The van der Waals surface area contributed by atoms with Gasteiger partial charge in [-0.25, -0.2) is 0 Å². The van der Waals surface area contributed by atoms with E-state index in [4.69, 9.17) is 0 Å². The van der Waals surface area contributed by atoms with Crippen molar-refractivity contribution in [1.29, 1.82) is 0 Å². The third-order valence-corrected chi connectivity index (χ3v) is 6.17. The number of hydrogen-bond donors (Lipinski definition) is 0. The van der Waals surface area contributed by atoms with Crippen molar-refractivity contribution in [3.63, 3.8) is 0 Å². The highest BCUT2D eigenvalue weighted by Gasteiger charge is 2.21. The largest absolute Gasteiger partial charge is 0.0654 e. The van der Waals surface area contributed by atoms with E-state index in [-0.39, 0.29) is 0 Å². The third-order valence-electron chi connectivity index (χ3n) is 6.17. The van der Waals surface area contributed by atoms with E-state index < -0.39 is 0 Å². The summed E-state index contributed by atoms with van der Waals surface area (Å²) in [7, 11) is 0. The predicted molar refractivity (Wildman–Crippen MR) is 109 cm³/mol. The van der Waals surface area contributed by atoms with Crippen LogP contribution in [0.3, 0.4) is 0 Å². The van der Waals surface area contributed by atoms with Gasteiger partial charge < -0.3 is 0 Å². The first-order chi connectivity index (χ1) is 12.3. The summed E-state index contributed by atoms with van der Waals surface area (Å²) in [6.45, 7) is 4.65. The maximum Gasteiger partial charge on any atom is -0.0150 e. The quantitative estimate of drug-likeness (QED) is 0.492. The number of benzene rings is 2. The first-order valence-electron chi connectivity index (χ1n) is 10.4. The molecule has 0 unspecified atom stereocenters. The van der Waals surface area contributed by atoms with Crippen molar-refractivity contribution in [2.75, 3.05) is 0 Å². The van der Waals surface area contributed by atoms with Gasteiger partial charge in [0, 0.05) is 0 Å². The molecule has 0 N–H and O–H groups in total. The van der Waals surface area contributed by atoms with Gasteiger partial charge in [0.25, 0.3) is 0 Å².